The Morgan fingerprint density at radius 3 is 2.89 bits per heavy atom. The number of benzene rings is 1. The number of rotatable bonds is 5. The number of thioether (sulfide) groups is 1. The fourth-order valence-corrected chi connectivity index (χ4v) is 3.43. The Balaban J connectivity index is 1.90. The van der Waals surface area contributed by atoms with Crippen LogP contribution < -0.4 is 5.32 Å². The first-order chi connectivity index (χ1) is 9.00. The molecule has 0 aromatic heterocycles. The monoisotopic (exact) mass is 279 g/mol. The van der Waals surface area contributed by atoms with Crippen molar-refractivity contribution in [2.75, 3.05) is 12.8 Å². The van der Waals surface area contributed by atoms with E-state index in [0.717, 1.165) is 5.75 Å². The van der Waals surface area contributed by atoms with Crippen LogP contribution in [0.3, 0.4) is 0 Å². The molecule has 1 aliphatic heterocycles. The van der Waals surface area contributed by atoms with E-state index in [0.29, 0.717) is 12.1 Å². The molecule has 2 rings (SSSR count). The standard InChI is InChI=1S/C16H25NOS/c1-12(17-4)13-6-5-7-15(10-13)19-11-14-8-9-16(2,3)18-14/h5-7,10,12,14,17H,8-9,11H2,1-4H3. The highest BCUT2D eigenvalue weighted by atomic mass is 32.2. The van der Waals surface area contributed by atoms with Crippen molar-refractivity contribution in [1.82, 2.24) is 5.32 Å². The highest BCUT2D eigenvalue weighted by Gasteiger charge is 2.31. The van der Waals surface area contributed by atoms with Gasteiger partial charge < -0.3 is 10.1 Å². The number of nitrogens with one attached hydrogen (secondary N) is 1. The van der Waals surface area contributed by atoms with Gasteiger partial charge in [-0.3, -0.25) is 0 Å². The zero-order valence-electron chi connectivity index (χ0n) is 12.4. The first-order valence-corrected chi connectivity index (χ1v) is 8.06. The van der Waals surface area contributed by atoms with Gasteiger partial charge in [0.05, 0.1) is 11.7 Å². The summed E-state index contributed by atoms with van der Waals surface area (Å²) in [4.78, 5) is 1.34. The molecular weight excluding hydrogens is 254 g/mol. The zero-order valence-corrected chi connectivity index (χ0v) is 13.2. The van der Waals surface area contributed by atoms with Crippen molar-refractivity contribution in [3.05, 3.63) is 29.8 Å². The minimum atomic E-state index is 0.0771. The molecule has 1 fully saturated rings. The van der Waals surface area contributed by atoms with Crippen LogP contribution in [-0.4, -0.2) is 24.5 Å². The molecule has 2 atom stereocenters. The maximum Gasteiger partial charge on any atom is 0.0677 e. The highest BCUT2D eigenvalue weighted by molar-refractivity contribution is 7.99. The number of hydrogen-bond acceptors (Lipinski definition) is 3. The average Bonchev–Trinajstić information content (AvgIpc) is 2.75. The average molecular weight is 279 g/mol. The highest BCUT2D eigenvalue weighted by Crippen LogP contribution is 2.33. The van der Waals surface area contributed by atoms with E-state index in [1.807, 2.05) is 18.8 Å². The van der Waals surface area contributed by atoms with Gasteiger partial charge in [-0.15, -0.1) is 11.8 Å². The van der Waals surface area contributed by atoms with Gasteiger partial charge in [0.25, 0.3) is 0 Å². The van der Waals surface area contributed by atoms with Crippen LogP contribution in [0.4, 0.5) is 0 Å². The van der Waals surface area contributed by atoms with E-state index in [1.54, 1.807) is 0 Å². The molecule has 1 saturated heterocycles. The Kier molecular flexibility index (Phi) is 4.93. The lowest BCUT2D eigenvalue weighted by Gasteiger charge is -2.19. The molecule has 19 heavy (non-hydrogen) atoms. The molecule has 3 heteroatoms. The molecule has 2 unspecified atom stereocenters. The van der Waals surface area contributed by atoms with E-state index in [2.05, 4.69) is 50.4 Å². The van der Waals surface area contributed by atoms with Gasteiger partial charge in [0, 0.05) is 16.7 Å². The van der Waals surface area contributed by atoms with E-state index < -0.39 is 0 Å². The summed E-state index contributed by atoms with van der Waals surface area (Å²) >= 11 is 1.91. The molecule has 1 heterocycles. The molecule has 1 aliphatic rings. The van der Waals surface area contributed by atoms with Gasteiger partial charge in [0.1, 0.15) is 0 Å². The van der Waals surface area contributed by atoms with E-state index in [-0.39, 0.29) is 5.60 Å². The molecule has 2 nitrogen and oxygen atoms in total. The lowest BCUT2D eigenvalue weighted by atomic mass is 10.1. The second kappa shape index (κ2) is 6.29. The lowest BCUT2D eigenvalue weighted by Crippen LogP contribution is -2.21. The third kappa shape index (κ3) is 4.23. The molecule has 0 aliphatic carbocycles. The van der Waals surface area contributed by atoms with Crippen LogP contribution in [0.1, 0.15) is 45.2 Å². The van der Waals surface area contributed by atoms with Crippen molar-refractivity contribution in [3.63, 3.8) is 0 Å². The topological polar surface area (TPSA) is 21.3 Å². The first-order valence-electron chi connectivity index (χ1n) is 7.08. The largest absolute Gasteiger partial charge is 0.371 e. The zero-order chi connectivity index (χ0) is 13.9. The number of hydrogen-bond donors (Lipinski definition) is 1. The molecule has 1 aromatic rings. The van der Waals surface area contributed by atoms with E-state index in [9.17, 15) is 0 Å². The lowest BCUT2D eigenvalue weighted by molar-refractivity contribution is -0.00466. The van der Waals surface area contributed by atoms with E-state index in [1.165, 1.54) is 23.3 Å². The Morgan fingerprint density at radius 1 is 1.47 bits per heavy atom. The second-order valence-corrected chi connectivity index (χ2v) is 7.03. The summed E-state index contributed by atoms with van der Waals surface area (Å²) in [7, 11) is 2.00. The van der Waals surface area contributed by atoms with Gasteiger partial charge >= 0.3 is 0 Å². The van der Waals surface area contributed by atoms with Crippen LogP contribution in [0.2, 0.25) is 0 Å². The minimum absolute atomic E-state index is 0.0771. The Morgan fingerprint density at radius 2 is 2.26 bits per heavy atom. The van der Waals surface area contributed by atoms with E-state index in [4.69, 9.17) is 4.74 Å². The molecule has 0 radical (unpaired) electrons. The van der Waals surface area contributed by atoms with Crippen molar-refractivity contribution in [2.24, 2.45) is 0 Å². The third-order valence-electron chi connectivity index (χ3n) is 3.78. The van der Waals surface area contributed by atoms with Gasteiger partial charge in [-0.2, -0.15) is 0 Å². The van der Waals surface area contributed by atoms with Crippen molar-refractivity contribution >= 4 is 11.8 Å². The second-order valence-electron chi connectivity index (χ2n) is 5.93. The van der Waals surface area contributed by atoms with Crippen molar-refractivity contribution in [3.8, 4) is 0 Å². The summed E-state index contributed by atoms with van der Waals surface area (Å²) < 4.78 is 6.04. The quantitative estimate of drug-likeness (QED) is 0.823. The van der Waals surface area contributed by atoms with Gasteiger partial charge in [0.15, 0.2) is 0 Å². The smallest absolute Gasteiger partial charge is 0.0677 e. The van der Waals surface area contributed by atoms with Crippen molar-refractivity contribution in [2.45, 2.75) is 56.3 Å². The van der Waals surface area contributed by atoms with Gasteiger partial charge in [-0.1, -0.05) is 12.1 Å². The van der Waals surface area contributed by atoms with Crippen LogP contribution in [0.25, 0.3) is 0 Å². The summed E-state index contributed by atoms with van der Waals surface area (Å²) in [5.74, 6) is 1.06. The van der Waals surface area contributed by atoms with Crippen molar-refractivity contribution in [1.29, 1.82) is 0 Å². The molecule has 0 amide bonds. The molecule has 1 aromatic carbocycles. The fraction of sp³-hybridized carbons (Fsp3) is 0.625. The maximum atomic E-state index is 6.04. The summed E-state index contributed by atoms with van der Waals surface area (Å²) in [5, 5.41) is 3.28. The summed E-state index contributed by atoms with van der Waals surface area (Å²) in [6.07, 6.45) is 2.77. The van der Waals surface area contributed by atoms with Crippen LogP contribution in [-0.2, 0) is 4.74 Å². The molecule has 0 bridgehead atoms. The van der Waals surface area contributed by atoms with Gasteiger partial charge in [-0.25, -0.2) is 0 Å². The summed E-state index contributed by atoms with van der Waals surface area (Å²) in [6.45, 7) is 6.56. The predicted octanol–water partition coefficient (Wildman–Crippen LogP) is 4.02. The normalized spacial score (nSPS) is 23.5. The Labute approximate surface area is 121 Å². The third-order valence-corrected chi connectivity index (χ3v) is 4.91. The van der Waals surface area contributed by atoms with Crippen LogP contribution in [0.15, 0.2) is 29.2 Å². The minimum Gasteiger partial charge on any atom is -0.371 e. The molecule has 106 valence electrons. The van der Waals surface area contributed by atoms with Crippen LogP contribution in [0, 0.1) is 0 Å². The summed E-state index contributed by atoms with van der Waals surface area (Å²) in [5.41, 5.74) is 1.42. The summed E-state index contributed by atoms with van der Waals surface area (Å²) in [6, 6.07) is 9.20. The van der Waals surface area contributed by atoms with Crippen LogP contribution in [0.5, 0.6) is 0 Å². The van der Waals surface area contributed by atoms with Crippen molar-refractivity contribution < 1.29 is 4.74 Å². The van der Waals surface area contributed by atoms with Gasteiger partial charge in [-0.05, 0) is 58.4 Å². The molecule has 0 saturated carbocycles. The van der Waals surface area contributed by atoms with Crippen LogP contribution >= 0.6 is 11.8 Å². The fourth-order valence-electron chi connectivity index (χ4n) is 2.42. The van der Waals surface area contributed by atoms with E-state index >= 15 is 0 Å². The first kappa shape index (κ1) is 14.9. The SMILES string of the molecule is CNC(C)c1cccc(SCC2CCC(C)(C)O2)c1. The Hall–Kier alpha value is -0.510. The molecular formula is C16H25NOS. The Bertz CT molecular complexity index is 419. The maximum absolute atomic E-state index is 6.04. The predicted molar refractivity (Wildman–Crippen MR) is 82.8 cm³/mol. The number of ether oxygens (including phenoxy) is 1. The molecule has 0 spiro atoms. The van der Waals surface area contributed by atoms with Gasteiger partial charge in [0.2, 0.25) is 0 Å². The molecule has 1 N–H and O–H groups in total.